The van der Waals surface area contributed by atoms with Crippen molar-refractivity contribution in [2.45, 2.75) is 37.8 Å². The van der Waals surface area contributed by atoms with E-state index in [1.54, 1.807) is 0 Å². The maximum atomic E-state index is 13.1. The molecule has 1 aromatic carbocycles. The maximum absolute atomic E-state index is 13.1. The summed E-state index contributed by atoms with van der Waals surface area (Å²) in [5, 5.41) is 4.05. The number of carbonyl (C=O) groups excluding carboxylic acids is 1. The van der Waals surface area contributed by atoms with Crippen LogP contribution in [0.5, 0.6) is 0 Å². The molecule has 0 aliphatic carbocycles. The molecule has 0 spiro atoms. The Morgan fingerprint density at radius 1 is 1.12 bits per heavy atom. The van der Waals surface area contributed by atoms with Crippen molar-refractivity contribution in [3.63, 3.8) is 0 Å². The molecule has 2 saturated heterocycles. The first kappa shape index (κ1) is 16.2. The van der Waals surface area contributed by atoms with Gasteiger partial charge in [-0.3, -0.25) is 15.6 Å². The van der Waals surface area contributed by atoms with E-state index in [1.165, 1.54) is 12.0 Å². The lowest BCUT2D eigenvalue weighted by Gasteiger charge is -2.24. The molecule has 0 saturated carbocycles. The van der Waals surface area contributed by atoms with Gasteiger partial charge in [-0.2, -0.15) is 4.98 Å². The number of hydrogen-bond acceptors (Lipinski definition) is 6. The predicted molar refractivity (Wildman–Crippen MR) is 91.5 cm³/mol. The molecule has 132 valence electrons. The molecule has 2 N–H and O–H groups in total. The highest BCUT2D eigenvalue weighted by atomic mass is 16.5. The van der Waals surface area contributed by atoms with E-state index in [9.17, 15) is 4.79 Å². The van der Waals surface area contributed by atoms with E-state index in [0.29, 0.717) is 18.9 Å². The summed E-state index contributed by atoms with van der Waals surface area (Å²) in [6.07, 6.45) is 1.36. The predicted octanol–water partition coefficient (Wildman–Crippen LogP) is 1.28. The second-order valence-corrected chi connectivity index (χ2v) is 7.05. The number of nitrogens with one attached hydrogen (secondary N) is 2. The number of amides is 1. The van der Waals surface area contributed by atoms with Crippen molar-refractivity contribution in [1.82, 2.24) is 25.9 Å². The minimum absolute atomic E-state index is 0.0537. The average Bonchev–Trinajstić information content (AvgIpc) is 3.35. The molecule has 4 unspecified atom stereocenters. The van der Waals surface area contributed by atoms with E-state index in [0.717, 1.165) is 0 Å². The Bertz CT molecular complexity index is 710. The molecule has 1 amide bonds. The number of aromatic nitrogens is 2. The highest BCUT2D eigenvalue weighted by molar-refractivity contribution is 5.81. The third-order valence-electron chi connectivity index (χ3n) is 5.47. The van der Waals surface area contributed by atoms with Gasteiger partial charge in [-0.25, -0.2) is 0 Å². The zero-order chi connectivity index (χ0) is 17.4. The van der Waals surface area contributed by atoms with Gasteiger partial charge in [-0.15, -0.1) is 0 Å². The maximum Gasteiger partial charge on any atom is 0.228 e. The van der Waals surface area contributed by atoms with Gasteiger partial charge in [0.2, 0.25) is 12.3 Å². The molecule has 7 heteroatoms. The van der Waals surface area contributed by atoms with Crippen LogP contribution in [0.25, 0.3) is 0 Å². The zero-order valence-electron chi connectivity index (χ0n) is 14.4. The van der Waals surface area contributed by atoms with Gasteiger partial charge in [0.25, 0.3) is 0 Å². The number of carbonyl (C=O) groups is 1. The highest BCUT2D eigenvalue weighted by Gasteiger charge is 2.44. The number of hydrazine groups is 1. The average molecular weight is 341 g/mol. The molecular weight excluding hydrogens is 318 g/mol. The summed E-state index contributed by atoms with van der Waals surface area (Å²) in [5.41, 5.74) is 7.54. The Labute approximate surface area is 146 Å². The molecule has 2 aromatic rings. The molecule has 0 bridgehead atoms. The Morgan fingerprint density at radius 2 is 1.80 bits per heavy atom. The summed E-state index contributed by atoms with van der Waals surface area (Å²) < 4.78 is 4.96. The van der Waals surface area contributed by atoms with Crippen LogP contribution in [0.4, 0.5) is 0 Å². The molecule has 2 aliphatic heterocycles. The Morgan fingerprint density at radius 3 is 2.44 bits per heavy atom. The van der Waals surface area contributed by atoms with Gasteiger partial charge in [0.1, 0.15) is 0 Å². The molecule has 2 fully saturated rings. The lowest BCUT2D eigenvalue weighted by atomic mass is 9.88. The largest absolute Gasteiger partial charge is 0.343 e. The van der Waals surface area contributed by atoms with E-state index in [2.05, 4.69) is 33.1 Å². The summed E-state index contributed by atoms with van der Waals surface area (Å²) in [6, 6.07) is 10.5. The first-order valence-corrected chi connectivity index (χ1v) is 8.76. The van der Waals surface area contributed by atoms with E-state index in [-0.39, 0.29) is 35.7 Å². The van der Waals surface area contributed by atoms with Crippen LogP contribution in [0.2, 0.25) is 0 Å². The van der Waals surface area contributed by atoms with E-state index in [4.69, 9.17) is 4.52 Å². The minimum Gasteiger partial charge on any atom is -0.343 e. The fourth-order valence-electron chi connectivity index (χ4n) is 4.14. The van der Waals surface area contributed by atoms with Crippen LogP contribution < -0.4 is 10.9 Å². The molecule has 25 heavy (non-hydrogen) atoms. The number of benzene rings is 1. The summed E-state index contributed by atoms with van der Waals surface area (Å²) in [5.74, 6) is 1.02. The topological polar surface area (TPSA) is 83.3 Å². The lowest BCUT2D eigenvalue weighted by Crippen LogP contribution is -2.42. The van der Waals surface area contributed by atoms with Crippen molar-refractivity contribution in [2.24, 2.45) is 5.92 Å². The molecular formula is C18H23N5O2. The second kappa shape index (κ2) is 6.57. The first-order valence-electron chi connectivity index (χ1n) is 8.76. The van der Waals surface area contributed by atoms with E-state index < -0.39 is 0 Å². The molecule has 0 radical (unpaired) electrons. The Kier molecular flexibility index (Phi) is 4.27. The van der Waals surface area contributed by atoms with Crippen molar-refractivity contribution in [3.8, 4) is 0 Å². The molecule has 2 aliphatic rings. The van der Waals surface area contributed by atoms with Crippen molar-refractivity contribution in [3.05, 3.63) is 48.1 Å². The van der Waals surface area contributed by atoms with Gasteiger partial charge in [-0.05, 0) is 19.4 Å². The molecule has 3 heterocycles. The van der Waals surface area contributed by atoms with Gasteiger partial charge in [0.05, 0.1) is 5.92 Å². The summed E-state index contributed by atoms with van der Waals surface area (Å²) >= 11 is 0. The van der Waals surface area contributed by atoms with Gasteiger partial charge in [0, 0.05) is 37.0 Å². The van der Waals surface area contributed by atoms with Crippen molar-refractivity contribution < 1.29 is 9.32 Å². The van der Waals surface area contributed by atoms with Crippen molar-refractivity contribution >= 4 is 5.91 Å². The lowest BCUT2D eigenvalue weighted by molar-refractivity contribution is -0.135. The Balaban J connectivity index is 1.60. The van der Waals surface area contributed by atoms with Gasteiger partial charge < -0.3 is 9.42 Å². The summed E-state index contributed by atoms with van der Waals surface area (Å²) in [4.78, 5) is 19.4. The van der Waals surface area contributed by atoms with Crippen LogP contribution in [0.3, 0.4) is 0 Å². The van der Waals surface area contributed by atoms with Gasteiger partial charge in [-0.1, -0.05) is 35.5 Å². The van der Waals surface area contributed by atoms with Crippen LogP contribution in [0.1, 0.15) is 37.1 Å². The third kappa shape index (κ3) is 2.94. The van der Waals surface area contributed by atoms with Crippen LogP contribution in [0.15, 0.2) is 41.2 Å². The van der Waals surface area contributed by atoms with E-state index >= 15 is 0 Å². The third-order valence-corrected chi connectivity index (χ3v) is 5.47. The first-order chi connectivity index (χ1) is 12.1. The van der Waals surface area contributed by atoms with Crippen LogP contribution >= 0.6 is 0 Å². The quantitative estimate of drug-likeness (QED) is 0.875. The number of rotatable bonds is 3. The monoisotopic (exact) mass is 341 g/mol. The number of likely N-dealkylation sites (tertiary alicyclic amines) is 1. The standard InChI is InChI=1S/C18H23N5O2/c1-11-16(12(2)21-20-11)18(24)23-8-14(13-6-4-3-5-7-13)15(9-23)17-19-10-25-22-17/h3-7,10-12,14-16,20-21H,8-9H2,1-2H3. The number of hydrogen-bond donors (Lipinski definition) is 2. The minimum atomic E-state index is -0.0690. The van der Waals surface area contributed by atoms with E-state index in [1.807, 2.05) is 36.9 Å². The van der Waals surface area contributed by atoms with Crippen molar-refractivity contribution in [1.29, 1.82) is 0 Å². The van der Waals surface area contributed by atoms with Gasteiger partial charge >= 0.3 is 0 Å². The number of nitrogens with zero attached hydrogens (tertiary/aromatic N) is 3. The van der Waals surface area contributed by atoms with Gasteiger partial charge in [0.15, 0.2) is 5.82 Å². The fourth-order valence-corrected chi connectivity index (χ4v) is 4.14. The molecule has 7 nitrogen and oxygen atoms in total. The van der Waals surface area contributed by atoms with Crippen LogP contribution in [-0.4, -0.2) is 46.1 Å². The zero-order valence-corrected chi connectivity index (χ0v) is 14.4. The molecule has 4 rings (SSSR count). The van der Waals surface area contributed by atoms with Crippen LogP contribution in [-0.2, 0) is 4.79 Å². The SMILES string of the molecule is CC1NNC(C)C1C(=O)N1CC(c2ccccc2)C(c2ncon2)C1. The second-order valence-electron chi connectivity index (χ2n) is 7.05. The molecule has 4 atom stereocenters. The molecule has 1 aromatic heterocycles. The summed E-state index contributed by atoms with van der Waals surface area (Å²) in [7, 11) is 0. The summed E-state index contributed by atoms with van der Waals surface area (Å²) in [6.45, 7) is 5.38. The fraction of sp³-hybridized carbons (Fsp3) is 0.500. The van der Waals surface area contributed by atoms with Crippen molar-refractivity contribution in [2.75, 3.05) is 13.1 Å². The Hall–Kier alpha value is -2.25. The highest BCUT2D eigenvalue weighted by Crippen LogP contribution is 2.39. The smallest absolute Gasteiger partial charge is 0.228 e. The normalized spacial score (nSPS) is 32.2. The van der Waals surface area contributed by atoms with Crippen LogP contribution in [0, 0.1) is 5.92 Å².